The second kappa shape index (κ2) is 5.77. The number of rotatable bonds is 4. The van der Waals surface area contributed by atoms with Gasteiger partial charge in [0.2, 0.25) is 5.82 Å². The molecular weight excluding hydrogens is 266 g/mol. The Kier molecular flexibility index (Phi) is 4.07. The Morgan fingerprint density at radius 1 is 1.40 bits per heavy atom. The monoisotopic (exact) mass is 280 g/mol. The average molecular weight is 280 g/mol. The zero-order chi connectivity index (χ0) is 14.7. The molecule has 1 aromatic carbocycles. The zero-order valence-corrected chi connectivity index (χ0v) is 11.1. The normalized spacial score (nSPS) is 12.2. The molecular formula is C13H14F2N4O. The first-order chi connectivity index (χ1) is 9.47. The number of benzene rings is 1. The van der Waals surface area contributed by atoms with Crippen molar-refractivity contribution in [1.82, 2.24) is 20.5 Å². The third-order valence-corrected chi connectivity index (χ3v) is 2.75. The molecule has 0 radical (unpaired) electrons. The molecule has 0 saturated heterocycles. The van der Waals surface area contributed by atoms with Gasteiger partial charge in [0.15, 0.2) is 0 Å². The van der Waals surface area contributed by atoms with Crippen LogP contribution in [0.25, 0.3) is 0 Å². The minimum atomic E-state index is -0.625. The molecule has 106 valence electrons. The Labute approximate surface area is 114 Å². The molecule has 0 bridgehead atoms. The van der Waals surface area contributed by atoms with Crippen LogP contribution in [0, 0.1) is 18.6 Å². The average Bonchev–Trinajstić information content (AvgIpc) is 2.81. The van der Waals surface area contributed by atoms with Gasteiger partial charge in [0.05, 0.1) is 0 Å². The molecule has 0 spiro atoms. The van der Waals surface area contributed by atoms with Gasteiger partial charge in [0.1, 0.15) is 17.5 Å². The molecule has 1 unspecified atom stereocenters. The summed E-state index contributed by atoms with van der Waals surface area (Å²) in [5, 5.41) is 8.86. The Balaban J connectivity index is 2.02. The van der Waals surface area contributed by atoms with Crippen LogP contribution in [0.5, 0.6) is 0 Å². The SMILES string of the molecule is Cc1nc(C(=O)NC(C)Cc2c(F)cccc2F)n[nH]1. The number of hydrogen-bond acceptors (Lipinski definition) is 3. The summed E-state index contributed by atoms with van der Waals surface area (Å²) in [6.07, 6.45) is 0.0493. The van der Waals surface area contributed by atoms with Crippen LogP contribution in [0.2, 0.25) is 0 Å². The summed E-state index contributed by atoms with van der Waals surface area (Å²) < 4.78 is 27.0. The lowest BCUT2D eigenvalue weighted by atomic mass is 10.1. The third-order valence-electron chi connectivity index (χ3n) is 2.75. The number of nitrogens with one attached hydrogen (secondary N) is 2. The van der Waals surface area contributed by atoms with E-state index in [1.165, 1.54) is 18.2 Å². The summed E-state index contributed by atoms with van der Waals surface area (Å²) in [6, 6.07) is 3.22. The minimum absolute atomic E-state index is 0.00311. The molecule has 1 atom stereocenters. The number of carbonyl (C=O) groups is 1. The van der Waals surface area contributed by atoms with Crippen molar-refractivity contribution in [2.45, 2.75) is 26.3 Å². The maximum Gasteiger partial charge on any atom is 0.291 e. The quantitative estimate of drug-likeness (QED) is 0.896. The van der Waals surface area contributed by atoms with E-state index in [-0.39, 0.29) is 17.8 Å². The zero-order valence-electron chi connectivity index (χ0n) is 11.1. The number of aryl methyl sites for hydroxylation is 1. The highest BCUT2D eigenvalue weighted by molar-refractivity contribution is 5.90. The summed E-state index contributed by atoms with van der Waals surface area (Å²) in [4.78, 5) is 15.7. The van der Waals surface area contributed by atoms with Crippen LogP contribution < -0.4 is 5.32 Å². The topological polar surface area (TPSA) is 70.7 Å². The summed E-state index contributed by atoms with van der Waals surface area (Å²) in [5.74, 6) is -1.22. The molecule has 0 aliphatic carbocycles. The lowest BCUT2D eigenvalue weighted by molar-refractivity contribution is 0.0929. The molecule has 0 aliphatic heterocycles. The molecule has 7 heteroatoms. The lowest BCUT2D eigenvalue weighted by Crippen LogP contribution is -2.35. The third kappa shape index (κ3) is 3.17. The second-order valence-corrected chi connectivity index (χ2v) is 4.52. The van der Waals surface area contributed by atoms with Crippen LogP contribution in [0.1, 0.15) is 28.9 Å². The fourth-order valence-electron chi connectivity index (χ4n) is 1.82. The van der Waals surface area contributed by atoms with E-state index >= 15 is 0 Å². The highest BCUT2D eigenvalue weighted by Crippen LogP contribution is 2.14. The van der Waals surface area contributed by atoms with Crippen molar-refractivity contribution < 1.29 is 13.6 Å². The molecule has 1 aromatic heterocycles. The van der Waals surface area contributed by atoms with Crippen LogP contribution in [0.4, 0.5) is 8.78 Å². The van der Waals surface area contributed by atoms with Crippen molar-refractivity contribution in [3.05, 3.63) is 47.0 Å². The molecule has 0 fully saturated rings. The molecule has 2 aromatic rings. The van der Waals surface area contributed by atoms with E-state index in [0.29, 0.717) is 5.82 Å². The van der Waals surface area contributed by atoms with E-state index in [1.54, 1.807) is 13.8 Å². The fraction of sp³-hybridized carbons (Fsp3) is 0.308. The fourth-order valence-corrected chi connectivity index (χ4v) is 1.82. The van der Waals surface area contributed by atoms with Crippen LogP contribution >= 0.6 is 0 Å². The molecule has 0 aliphatic rings. The van der Waals surface area contributed by atoms with Crippen molar-refractivity contribution in [3.8, 4) is 0 Å². The van der Waals surface area contributed by atoms with E-state index < -0.39 is 23.6 Å². The van der Waals surface area contributed by atoms with Crippen molar-refractivity contribution in [2.24, 2.45) is 0 Å². The van der Waals surface area contributed by atoms with Crippen molar-refractivity contribution in [1.29, 1.82) is 0 Å². The van der Waals surface area contributed by atoms with E-state index in [9.17, 15) is 13.6 Å². The predicted octanol–water partition coefficient (Wildman–Crippen LogP) is 1.75. The van der Waals surface area contributed by atoms with Gasteiger partial charge in [-0.3, -0.25) is 9.89 Å². The van der Waals surface area contributed by atoms with Crippen molar-refractivity contribution >= 4 is 5.91 Å². The van der Waals surface area contributed by atoms with Gasteiger partial charge in [-0.15, -0.1) is 5.10 Å². The molecule has 1 heterocycles. The van der Waals surface area contributed by atoms with Crippen LogP contribution in [0.3, 0.4) is 0 Å². The number of amides is 1. The van der Waals surface area contributed by atoms with Gasteiger partial charge in [-0.25, -0.2) is 13.8 Å². The van der Waals surface area contributed by atoms with Gasteiger partial charge in [0.25, 0.3) is 5.91 Å². The number of H-pyrrole nitrogens is 1. The molecule has 2 N–H and O–H groups in total. The molecule has 20 heavy (non-hydrogen) atoms. The Bertz CT molecular complexity index is 606. The first-order valence-corrected chi connectivity index (χ1v) is 6.10. The van der Waals surface area contributed by atoms with Crippen molar-refractivity contribution in [2.75, 3.05) is 0 Å². The number of carbonyl (C=O) groups excluding carboxylic acids is 1. The maximum absolute atomic E-state index is 13.5. The van der Waals surface area contributed by atoms with Crippen LogP contribution in [0.15, 0.2) is 18.2 Å². The molecule has 2 rings (SSSR count). The van der Waals surface area contributed by atoms with Gasteiger partial charge < -0.3 is 5.32 Å². The van der Waals surface area contributed by atoms with Gasteiger partial charge >= 0.3 is 0 Å². The Morgan fingerprint density at radius 2 is 2.05 bits per heavy atom. The van der Waals surface area contributed by atoms with Crippen LogP contribution in [-0.4, -0.2) is 27.1 Å². The summed E-state index contributed by atoms with van der Waals surface area (Å²) in [5.41, 5.74) is -0.0496. The van der Waals surface area contributed by atoms with Crippen molar-refractivity contribution in [3.63, 3.8) is 0 Å². The summed E-state index contributed by atoms with van der Waals surface area (Å²) >= 11 is 0. The lowest BCUT2D eigenvalue weighted by Gasteiger charge is -2.13. The number of aromatic nitrogens is 3. The summed E-state index contributed by atoms with van der Waals surface area (Å²) in [7, 11) is 0. The van der Waals surface area contributed by atoms with E-state index in [1.807, 2.05) is 0 Å². The predicted molar refractivity (Wildman–Crippen MR) is 68.1 cm³/mol. The number of aromatic amines is 1. The smallest absolute Gasteiger partial charge is 0.291 e. The van der Waals surface area contributed by atoms with Crippen LogP contribution in [-0.2, 0) is 6.42 Å². The second-order valence-electron chi connectivity index (χ2n) is 4.52. The van der Waals surface area contributed by atoms with Gasteiger partial charge in [-0.05, 0) is 32.4 Å². The molecule has 5 nitrogen and oxygen atoms in total. The highest BCUT2D eigenvalue weighted by Gasteiger charge is 2.17. The molecule has 1 amide bonds. The number of halogens is 2. The molecule has 0 saturated carbocycles. The maximum atomic E-state index is 13.5. The first kappa shape index (κ1) is 14.1. The Hall–Kier alpha value is -2.31. The largest absolute Gasteiger partial charge is 0.346 e. The number of hydrogen-bond donors (Lipinski definition) is 2. The van der Waals surface area contributed by atoms with Gasteiger partial charge in [0, 0.05) is 11.6 Å². The number of nitrogens with zero attached hydrogens (tertiary/aromatic N) is 2. The van der Waals surface area contributed by atoms with E-state index in [4.69, 9.17) is 0 Å². The first-order valence-electron chi connectivity index (χ1n) is 6.10. The standard InChI is InChI=1S/C13H14F2N4O/c1-7(6-9-10(14)4-3-5-11(9)15)16-13(20)12-17-8(2)18-19-12/h3-5,7H,6H2,1-2H3,(H,16,20)(H,17,18,19). The van der Waals surface area contributed by atoms with E-state index in [0.717, 1.165) is 0 Å². The minimum Gasteiger partial charge on any atom is -0.346 e. The van der Waals surface area contributed by atoms with E-state index in [2.05, 4.69) is 20.5 Å². The highest BCUT2D eigenvalue weighted by atomic mass is 19.1. The Morgan fingerprint density at radius 3 is 2.60 bits per heavy atom. The van der Waals surface area contributed by atoms with Gasteiger partial charge in [-0.1, -0.05) is 6.07 Å². The van der Waals surface area contributed by atoms with Gasteiger partial charge in [-0.2, -0.15) is 0 Å². The summed E-state index contributed by atoms with van der Waals surface area (Å²) in [6.45, 7) is 3.32.